The molecule has 2 amide bonds. The Balaban J connectivity index is 2.02. The maximum absolute atomic E-state index is 13.5. The van der Waals surface area contributed by atoms with Crippen LogP contribution in [-0.4, -0.2) is 21.6 Å². The Labute approximate surface area is 180 Å². The molecule has 0 saturated heterocycles. The van der Waals surface area contributed by atoms with Crippen LogP contribution in [0.4, 0.5) is 11.4 Å². The van der Waals surface area contributed by atoms with E-state index in [1.54, 1.807) is 29.2 Å². The predicted octanol–water partition coefficient (Wildman–Crippen LogP) is 4.96. The van der Waals surface area contributed by atoms with E-state index < -0.39 is 16.9 Å². The lowest BCUT2D eigenvalue weighted by Crippen LogP contribution is -2.33. The Bertz CT molecular complexity index is 1100. The van der Waals surface area contributed by atoms with Crippen LogP contribution in [0.5, 0.6) is 0 Å². The number of rotatable bonds is 7. The highest BCUT2D eigenvalue weighted by molar-refractivity contribution is 5.98. The van der Waals surface area contributed by atoms with E-state index in [-0.39, 0.29) is 23.7 Å². The Morgan fingerprint density at radius 1 is 1.00 bits per heavy atom. The lowest BCUT2D eigenvalue weighted by atomic mass is 10.0. The van der Waals surface area contributed by atoms with Crippen molar-refractivity contribution in [2.45, 2.75) is 26.4 Å². The van der Waals surface area contributed by atoms with Crippen LogP contribution >= 0.6 is 0 Å². The van der Waals surface area contributed by atoms with E-state index in [4.69, 9.17) is 0 Å². The molecule has 0 aromatic heterocycles. The van der Waals surface area contributed by atoms with Crippen molar-refractivity contribution in [3.8, 4) is 0 Å². The molecule has 0 saturated carbocycles. The van der Waals surface area contributed by atoms with Crippen LogP contribution in [0.25, 0.3) is 0 Å². The fraction of sp³-hybridized carbons (Fsp3) is 0.167. The van der Waals surface area contributed by atoms with E-state index >= 15 is 0 Å². The second-order valence-corrected chi connectivity index (χ2v) is 7.18. The van der Waals surface area contributed by atoms with Gasteiger partial charge in [-0.05, 0) is 36.2 Å². The number of hydrogen-bond donors (Lipinski definition) is 1. The number of hydrogen-bond acceptors (Lipinski definition) is 4. The topological polar surface area (TPSA) is 92.6 Å². The van der Waals surface area contributed by atoms with Crippen molar-refractivity contribution in [2.75, 3.05) is 5.32 Å². The molecular weight excluding hydrogens is 394 g/mol. The number of nitro benzene ring substituents is 1. The van der Waals surface area contributed by atoms with Crippen LogP contribution in [0, 0.1) is 10.1 Å². The van der Waals surface area contributed by atoms with Gasteiger partial charge in [0, 0.05) is 25.2 Å². The zero-order valence-electron chi connectivity index (χ0n) is 17.3. The first-order chi connectivity index (χ1) is 14.9. The summed E-state index contributed by atoms with van der Waals surface area (Å²) in [5.74, 6) is -0.629. The highest BCUT2D eigenvalue weighted by Gasteiger charge is 2.28. The summed E-state index contributed by atoms with van der Waals surface area (Å²) in [7, 11) is 0. The maximum Gasteiger partial charge on any atom is 0.282 e. The van der Waals surface area contributed by atoms with Crippen molar-refractivity contribution < 1.29 is 14.5 Å². The van der Waals surface area contributed by atoms with Crippen LogP contribution in [0.15, 0.2) is 78.9 Å². The monoisotopic (exact) mass is 417 g/mol. The third kappa shape index (κ3) is 5.33. The molecular formula is C24H23N3O4. The van der Waals surface area contributed by atoms with Gasteiger partial charge >= 0.3 is 0 Å². The average Bonchev–Trinajstić information content (AvgIpc) is 2.77. The Kier molecular flexibility index (Phi) is 6.77. The van der Waals surface area contributed by atoms with Crippen LogP contribution in [0.1, 0.15) is 41.4 Å². The number of nitro groups is 1. The molecule has 0 aliphatic rings. The smallest absolute Gasteiger partial charge is 0.282 e. The highest BCUT2D eigenvalue weighted by Crippen LogP contribution is 2.29. The molecule has 0 radical (unpaired) electrons. The van der Waals surface area contributed by atoms with Gasteiger partial charge in [0.1, 0.15) is 5.56 Å². The SMILES string of the molecule is CC(=O)Nc1cccc(C(C)N(Cc2ccccc2)C(=O)c2ccccc2[N+](=O)[O-])c1. The largest absolute Gasteiger partial charge is 0.327 e. The van der Waals surface area contributed by atoms with Crippen LogP contribution < -0.4 is 5.32 Å². The quantitative estimate of drug-likeness (QED) is 0.434. The molecule has 7 heteroatoms. The first kappa shape index (κ1) is 21.7. The zero-order valence-corrected chi connectivity index (χ0v) is 17.3. The van der Waals surface area contributed by atoms with E-state index in [0.717, 1.165) is 11.1 Å². The standard InChI is InChI=1S/C24H23N3O4/c1-17(20-11-8-12-21(15-20)25-18(2)28)26(16-19-9-4-3-5-10-19)24(29)22-13-6-7-14-23(22)27(30)31/h3-15,17H,16H2,1-2H3,(H,25,28). The number of carbonyl (C=O) groups excluding carboxylic acids is 2. The van der Waals surface area contributed by atoms with Crippen molar-refractivity contribution in [2.24, 2.45) is 0 Å². The van der Waals surface area contributed by atoms with Crippen LogP contribution in [-0.2, 0) is 11.3 Å². The molecule has 31 heavy (non-hydrogen) atoms. The van der Waals surface area contributed by atoms with Crippen molar-refractivity contribution in [3.63, 3.8) is 0 Å². The molecule has 0 aliphatic carbocycles. The summed E-state index contributed by atoms with van der Waals surface area (Å²) < 4.78 is 0. The van der Waals surface area contributed by atoms with Crippen LogP contribution in [0.3, 0.4) is 0 Å². The minimum absolute atomic E-state index is 0.0355. The fourth-order valence-electron chi connectivity index (χ4n) is 3.39. The normalized spacial score (nSPS) is 11.4. The van der Waals surface area contributed by atoms with Gasteiger partial charge in [0.05, 0.1) is 11.0 Å². The molecule has 0 aliphatic heterocycles. The Morgan fingerprint density at radius 2 is 1.68 bits per heavy atom. The van der Waals surface area contributed by atoms with Gasteiger partial charge in [0.2, 0.25) is 5.91 Å². The van der Waals surface area contributed by atoms with Gasteiger partial charge < -0.3 is 10.2 Å². The second kappa shape index (κ2) is 9.67. The number of carbonyl (C=O) groups is 2. The number of nitrogens with one attached hydrogen (secondary N) is 1. The third-order valence-corrected chi connectivity index (χ3v) is 4.94. The van der Waals surface area contributed by atoms with Gasteiger partial charge in [-0.2, -0.15) is 0 Å². The van der Waals surface area contributed by atoms with Gasteiger partial charge in [0.15, 0.2) is 0 Å². The van der Waals surface area contributed by atoms with E-state index in [2.05, 4.69) is 5.32 Å². The third-order valence-electron chi connectivity index (χ3n) is 4.94. The minimum Gasteiger partial charge on any atom is -0.327 e. The van der Waals surface area contributed by atoms with Gasteiger partial charge in [-0.15, -0.1) is 0 Å². The summed E-state index contributed by atoms with van der Waals surface area (Å²) in [6, 6.07) is 22.2. The number of amides is 2. The lowest BCUT2D eigenvalue weighted by molar-refractivity contribution is -0.385. The predicted molar refractivity (Wildman–Crippen MR) is 119 cm³/mol. The number of para-hydroxylation sites is 1. The van der Waals surface area contributed by atoms with Crippen molar-refractivity contribution in [3.05, 3.63) is 106 Å². The first-order valence-corrected chi connectivity index (χ1v) is 9.82. The number of nitrogens with zero attached hydrogens (tertiary/aromatic N) is 2. The summed E-state index contributed by atoms with van der Waals surface area (Å²) in [6.07, 6.45) is 0. The van der Waals surface area contributed by atoms with E-state index in [9.17, 15) is 19.7 Å². The Hall–Kier alpha value is -4.00. The summed E-state index contributed by atoms with van der Waals surface area (Å²) in [5.41, 5.74) is 2.13. The van der Waals surface area contributed by atoms with Gasteiger partial charge in [-0.1, -0.05) is 54.6 Å². The van der Waals surface area contributed by atoms with Crippen molar-refractivity contribution in [1.82, 2.24) is 4.90 Å². The molecule has 1 atom stereocenters. The fourth-order valence-corrected chi connectivity index (χ4v) is 3.39. The van der Waals surface area contributed by atoms with Crippen molar-refractivity contribution in [1.29, 1.82) is 0 Å². The molecule has 0 fully saturated rings. The minimum atomic E-state index is -0.546. The van der Waals surface area contributed by atoms with E-state index in [0.29, 0.717) is 5.69 Å². The lowest BCUT2D eigenvalue weighted by Gasteiger charge is -2.30. The van der Waals surface area contributed by atoms with Crippen molar-refractivity contribution >= 4 is 23.2 Å². The van der Waals surface area contributed by atoms with Crippen LogP contribution in [0.2, 0.25) is 0 Å². The number of benzene rings is 3. The van der Waals surface area contributed by atoms with Gasteiger partial charge in [-0.3, -0.25) is 19.7 Å². The molecule has 0 heterocycles. The summed E-state index contributed by atoms with van der Waals surface area (Å²) in [5, 5.41) is 14.2. The molecule has 0 spiro atoms. The second-order valence-electron chi connectivity index (χ2n) is 7.18. The van der Waals surface area contributed by atoms with Gasteiger partial charge in [0.25, 0.3) is 11.6 Å². The zero-order chi connectivity index (χ0) is 22.4. The summed E-state index contributed by atoms with van der Waals surface area (Å²) in [6.45, 7) is 3.57. The highest BCUT2D eigenvalue weighted by atomic mass is 16.6. The molecule has 1 N–H and O–H groups in total. The van der Waals surface area contributed by atoms with E-state index in [1.165, 1.54) is 25.1 Å². The number of anilines is 1. The molecule has 158 valence electrons. The summed E-state index contributed by atoms with van der Waals surface area (Å²) >= 11 is 0. The molecule has 3 rings (SSSR count). The average molecular weight is 417 g/mol. The summed E-state index contributed by atoms with van der Waals surface area (Å²) in [4.78, 5) is 37.5. The maximum atomic E-state index is 13.5. The molecule has 3 aromatic rings. The molecule has 7 nitrogen and oxygen atoms in total. The molecule has 3 aromatic carbocycles. The Morgan fingerprint density at radius 3 is 2.35 bits per heavy atom. The molecule has 0 bridgehead atoms. The van der Waals surface area contributed by atoms with E-state index in [1.807, 2.05) is 43.3 Å². The first-order valence-electron chi connectivity index (χ1n) is 9.82. The van der Waals surface area contributed by atoms with Gasteiger partial charge in [-0.25, -0.2) is 0 Å². The molecule has 1 unspecified atom stereocenters.